The van der Waals surface area contributed by atoms with Crippen LogP contribution in [0.25, 0.3) is 11.0 Å². The zero-order valence-corrected chi connectivity index (χ0v) is 17.2. The first kappa shape index (κ1) is 19.8. The zero-order valence-electron chi connectivity index (χ0n) is 15.7. The van der Waals surface area contributed by atoms with E-state index in [1.54, 1.807) is 0 Å². The van der Waals surface area contributed by atoms with E-state index in [1.165, 1.54) is 0 Å². The van der Waals surface area contributed by atoms with E-state index < -0.39 is 0 Å². The largest absolute Gasteiger partial charge is 0.396 e. The van der Waals surface area contributed by atoms with Crippen LogP contribution in [0.3, 0.4) is 0 Å². The van der Waals surface area contributed by atoms with E-state index in [9.17, 15) is 0 Å². The number of imidazole rings is 1. The molecule has 2 aromatic rings. The molecule has 0 radical (unpaired) electrons. The molecule has 7 heteroatoms. The molecular formula is C19H29ClN4OS. The lowest BCUT2D eigenvalue weighted by atomic mass is 10.2. The van der Waals surface area contributed by atoms with Crippen molar-refractivity contribution in [3.05, 3.63) is 17.2 Å². The van der Waals surface area contributed by atoms with E-state index in [0.717, 1.165) is 78.9 Å². The summed E-state index contributed by atoms with van der Waals surface area (Å²) in [5.41, 5.74) is 3.08. The molecule has 2 heterocycles. The summed E-state index contributed by atoms with van der Waals surface area (Å²) in [5.74, 6) is 0. The smallest absolute Gasteiger partial charge is 0.166 e. The number of H-pyrrole nitrogens is 1. The minimum atomic E-state index is 0.264. The maximum atomic E-state index is 8.99. The Kier molecular flexibility index (Phi) is 7.09. The minimum Gasteiger partial charge on any atom is -0.396 e. The second-order valence-electron chi connectivity index (χ2n) is 6.82. The van der Waals surface area contributed by atoms with Crippen LogP contribution in [0, 0.1) is 0 Å². The Bertz CT molecular complexity index is 711. The number of aromatic nitrogens is 2. The predicted molar refractivity (Wildman–Crippen MR) is 112 cm³/mol. The van der Waals surface area contributed by atoms with E-state index >= 15 is 0 Å². The number of fused-ring (bicyclic) bond motifs is 1. The van der Waals surface area contributed by atoms with Crippen molar-refractivity contribution in [3.8, 4) is 0 Å². The number of anilines is 1. The fraction of sp³-hybridized carbons (Fsp3) is 0.632. The highest BCUT2D eigenvalue weighted by molar-refractivity contribution is 7.99. The molecular weight excluding hydrogens is 368 g/mol. The van der Waals surface area contributed by atoms with E-state index in [4.69, 9.17) is 21.7 Å². The van der Waals surface area contributed by atoms with Gasteiger partial charge in [-0.2, -0.15) is 0 Å². The van der Waals surface area contributed by atoms with Crippen LogP contribution >= 0.6 is 23.4 Å². The highest BCUT2D eigenvalue weighted by atomic mass is 35.5. The molecule has 1 saturated heterocycles. The van der Waals surface area contributed by atoms with Gasteiger partial charge in [0.15, 0.2) is 5.16 Å². The molecule has 1 aromatic heterocycles. The third-order valence-electron chi connectivity index (χ3n) is 5.06. The summed E-state index contributed by atoms with van der Waals surface area (Å²) in [4.78, 5) is 12.9. The summed E-state index contributed by atoms with van der Waals surface area (Å²) in [7, 11) is 0. The zero-order chi connectivity index (χ0) is 18.5. The van der Waals surface area contributed by atoms with Gasteiger partial charge in [0.1, 0.15) is 0 Å². The molecule has 0 unspecified atom stereocenters. The normalized spacial score (nSPS) is 16.1. The molecule has 1 aliphatic rings. The van der Waals surface area contributed by atoms with Crippen molar-refractivity contribution < 1.29 is 5.11 Å². The van der Waals surface area contributed by atoms with E-state index in [1.807, 2.05) is 17.8 Å². The number of hydrogen-bond acceptors (Lipinski definition) is 5. The summed E-state index contributed by atoms with van der Waals surface area (Å²) < 4.78 is 0. The van der Waals surface area contributed by atoms with Gasteiger partial charge in [-0.25, -0.2) is 4.98 Å². The number of aliphatic hydroxyl groups is 1. The molecule has 0 amide bonds. The van der Waals surface area contributed by atoms with Crippen molar-refractivity contribution in [1.82, 2.24) is 14.9 Å². The Hall–Kier alpha value is -0.950. The second-order valence-corrected chi connectivity index (χ2v) is 8.52. The molecule has 0 atom stereocenters. The van der Waals surface area contributed by atoms with Crippen molar-refractivity contribution in [2.75, 3.05) is 44.2 Å². The lowest BCUT2D eigenvalue weighted by Gasteiger charge is -2.36. The molecule has 144 valence electrons. The number of benzene rings is 1. The van der Waals surface area contributed by atoms with Crippen LogP contribution in [0.4, 0.5) is 5.69 Å². The van der Waals surface area contributed by atoms with Crippen LogP contribution < -0.4 is 4.90 Å². The van der Waals surface area contributed by atoms with Gasteiger partial charge in [0.25, 0.3) is 0 Å². The molecule has 0 bridgehead atoms. The van der Waals surface area contributed by atoms with Gasteiger partial charge in [-0.1, -0.05) is 37.2 Å². The second kappa shape index (κ2) is 9.31. The van der Waals surface area contributed by atoms with E-state index in [-0.39, 0.29) is 6.61 Å². The lowest BCUT2D eigenvalue weighted by Crippen LogP contribution is -2.46. The monoisotopic (exact) mass is 396 g/mol. The van der Waals surface area contributed by atoms with E-state index in [0.29, 0.717) is 5.25 Å². The summed E-state index contributed by atoms with van der Waals surface area (Å²) in [6.45, 7) is 9.60. The number of thioether (sulfide) groups is 1. The minimum absolute atomic E-state index is 0.264. The fourth-order valence-corrected chi connectivity index (χ4v) is 4.66. The average Bonchev–Trinajstić information content (AvgIpc) is 3.05. The Morgan fingerprint density at radius 1 is 1.23 bits per heavy atom. The first-order chi connectivity index (χ1) is 12.6. The van der Waals surface area contributed by atoms with Gasteiger partial charge in [-0.05, 0) is 31.4 Å². The van der Waals surface area contributed by atoms with Crippen LogP contribution in [0.2, 0.25) is 5.02 Å². The number of nitrogens with one attached hydrogen (secondary N) is 1. The van der Waals surface area contributed by atoms with Crippen LogP contribution in [0.5, 0.6) is 0 Å². The average molecular weight is 397 g/mol. The van der Waals surface area contributed by atoms with Gasteiger partial charge < -0.3 is 15.0 Å². The van der Waals surface area contributed by atoms with Gasteiger partial charge in [0, 0.05) is 44.6 Å². The molecule has 0 saturated carbocycles. The molecule has 0 aliphatic carbocycles. The number of aromatic amines is 1. The van der Waals surface area contributed by atoms with Crippen LogP contribution in [-0.2, 0) is 0 Å². The number of hydrogen-bond donors (Lipinski definition) is 2. The first-order valence-corrected chi connectivity index (χ1v) is 10.8. The van der Waals surface area contributed by atoms with Gasteiger partial charge in [-0.15, -0.1) is 0 Å². The van der Waals surface area contributed by atoms with Crippen LogP contribution in [0.1, 0.15) is 33.1 Å². The Balaban J connectivity index is 1.72. The summed E-state index contributed by atoms with van der Waals surface area (Å²) in [5, 5.41) is 11.3. The van der Waals surface area contributed by atoms with Crippen molar-refractivity contribution in [2.45, 2.75) is 43.5 Å². The maximum absolute atomic E-state index is 8.99. The standard InChI is InChI=1S/C19H29ClN4OS/c1-3-14(4-2)26-19-21-16-12-15(20)18(13-17(16)22-19)24-9-7-23(8-10-24)6-5-11-25/h12-14,25H,3-11H2,1-2H3,(H,21,22). The van der Waals surface area contributed by atoms with Gasteiger partial charge in [0.2, 0.25) is 0 Å². The van der Waals surface area contributed by atoms with Crippen molar-refractivity contribution in [3.63, 3.8) is 0 Å². The number of nitrogens with zero attached hydrogens (tertiary/aromatic N) is 3. The Labute approximate surface area is 165 Å². The maximum Gasteiger partial charge on any atom is 0.166 e. The van der Waals surface area contributed by atoms with Gasteiger partial charge >= 0.3 is 0 Å². The summed E-state index contributed by atoms with van der Waals surface area (Å²) >= 11 is 8.40. The molecule has 0 spiro atoms. The SMILES string of the molecule is CCC(CC)Sc1nc2cc(Cl)c(N3CCN(CCCO)CC3)cc2[nH]1. The quantitative estimate of drug-likeness (QED) is 0.660. The number of halogens is 1. The third-order valence-corrected chi connectivity index (χ3v) is 6.78. The molecule has 1 fully saturated rings. The highest BCUT2D eigenvalue weighted by Crippen LogP contribution is 2.33. The van der Waals surface area contributed by atoms with Crippen LogP contribution in [-0.4, -0.2) is 64.6 Å². The first-order valence-electron chi connectivity index (χ1n) is 9.58. The molecule has 3 rings (SSSR count). The van der Waals surface area contributed by atoms with Gasteiger partial charge in [0.05, 0.1) is 21.7 Å². The Morgan fingerprint density at radius 3 is 2.62 bits per heavy atom. The van der Waals surface area contributed by atoms with Crippen LogP contribution in [0.15, 0.2) is 17.3 Å². The van der Waals surface area contributed by atoms with Gasteiger partial charge in [-0.3, -0.25) is 4.90 Å². The number of rotatable bonds is 8. The molecule has 1 aromatic carbocycles. The Morgan fingerprint density at radius 2 is 1.96 bits per heavy atom. The molecule has 5 nitrogen and oxygen atoms in total. The summed E-state index contributed by atoms with van der Waals surface area (Å²) in [6, 6.07) is 4.13. The number of aliphatic hydroxyl groups excluding tert-OH is 1. The lowest BCUT2D eigenvalue weighted by molar-refractivity contribution is 0.216. The number of piperazine rings is 1. The molecule has 1 aliphatic heterocycles. The topological polar surface area (TPSA) is 55.4 Å². The molecule has 26 heavy (non-hydrogen) atoms. The highest BCUT2D eigenvalue weighted by Gasteiger charge is 2.20. The molecule has 2 N–H and O–H groups in total. The third kappa shape index (κ3) is 4.66. The summed E-state index contributed by atoms with van der Waals surface area (Å²) in [6.07, 6.45) is 3.13. The van der Waals surface area contributed by atoms with Crippen molar-refractivity contribution in [1.29, 1.82) is 0 Å². The van der Waals surface area contributed by atoms with E-state index in [2.05, 4.69) is 34.7 Å². The fourth-order valence-electron chi connectivity index (χ4n) is 3.41. The predicted octanol–water partition coefficient (Wildman–Crippen LogP) is 4.00. The van der Waals surface area contributed by atoms with Crippen molar-refractivity contribution in [2.24, 2.45) is 0 Å². The van der Waals surface area contributed by atoms with Crippen molar-refractivity contribution >= 4 is 40.1 Å².